The molecular formula is C24H42N4OS. The van der Waals surface area contributed by atoms with E-state index in [1.165, 1.54) is 43.4 Å². The first-order valence-corrected chi connectivity index (χ1v) is 12.7. The van der Waals surface area contributed by atoms with Crippen molar-refractivity contribution in [1.29, 1.82) is 0 Å². The molecule has 1 aromatic heterocycles. The van der Waals surface area contributed by atoms with Crippen LogP contribution in [0, 0.1) is 0 Å². The molecular weight excluding hydrogens is 392 g/mol. The predicted molar refractivity (Wildman–Crippen MR) is 129 cm³/mol. The van der Waals surface area contributed by atoms with Crippen molar-refractivity contribution in [2.24, 2.45) is 5.73 Å². The quantitative estimate of drug-likeness (QED) is 0.433. The second kappa shape index (κ2) is 14.0. The van der Waals surface area contributed by atoms with Crippen LogP contribution < -0.4 is 5.73 Å². The predicted octanol–water partition coefficient (Wildman–Crippen LogP) is 4.62. The van der Waals surface area contributed by atoms with E-state index in [1.807, 2.05) is 11.9 Å². The third kappa shape index (κ3) is 9.36. The lowest BCUT2D eigenvalue weighted by Crippen LogP contribution is -2.31. The molecule has 30 heavy (non-hydrogen) atoms. The van der Waals surface area contributed by atoms with Crippen LogP contribution in [0.15, 0.2) is 18.3 Å². The highest BCUT2D eigenvalue weighted by Crippen LogP contribution is 2.31. The van der Waals surface area contributed by atoms with E-state index in [0.717, 1.165) is 45.6 Å². The van der Waals surface area contributed by atoms with Gasteiger partial charge in [-0.05, 0) is 69.8 Å². The Labute approximate surface area is 188 Å². The minimum Gasteiger partial charge on any atom is -0.370 e. The van der Waals surface area contributed by atoms with Crippen LogP contribution in [0.4, 0.5) is 0 Å². The first-order chi connectivity index (χ1) is 14.5. The van der Waals surface area contributed by atoms with Gasteiger partial charge in [0.2, 0.25) is 5.91 Å². The molecule has 1 aliphatic heterocycles. The average Bonchev–Trinajstić information content (AvgIpc) is 2.75. The fraction of sp³-hybridized carbons (Fsp3) is 0.750. The molecule has 0 saturated carbocycles. The van der Waals surface area contributed by atoms with E-state index in [4.69, 9.17) is 10.7 Å². The molecule has 1 aromatic rings. The lowest BCUT2D eigenvalue weighted by molar-refractivity contribution is -0.118. The van der Waals surface area contributed by atoms with Gasteiger partial charge in [-0.3, -0.25) is 14.1 Å². The number of pyridine rings is 1. The Kier molecular flexibility index (Phi) is 11.8. The monoisotopic (exact) mass is 434 g/mol. The van der Waals surface area contributed by atoms with E-state index in [1.54, 1.807) is 0 Å². The maximum absolute atomic E-state index is 10.9. The highest BCUT2D eigenvalue weighted by molar-refractivity contribution is 7.97. The van der Waals surface area contributed by atoms with Gasteiger partial charge in [-0.25, -0.2) is 0 Å². The summed E-state index contributed by atoms with van der Waals surface area (Å²) in [5, 5.41) is 0.614. The van der Waals surface area contributed by atoms with Crippen molar-refractivity contribution in [2.45, 2.75) is 83.3 Å². The van der Waals surface area contributed by atoms with E-state index < -0.39 is 0 Å². The maximum Gasteiger partial charge on any atom is 0.217 e. The molecule has 170 valence electrons. The summed E-state index contributed by atoms with van der Waals surface area (Å²) in [4.78, 5) is 18.1. The number of hydrogen-bond acceptors (Lipinski definition) is 5. The summed E-state index contributed by atoms with van der Waals surface area (Å²) in [7, 11) is 0. The number of nitrogens with zero attached hydrogens (tertiary/aromatic N) is 3. The van der Waals surface area contributed by atoms with Crippen LogP contribution >= 0.6 is 11.9 Å². The molecule has 1 saturated heterocycles. The van der Waals surface area contributed by atoms with Crippen LogP contribution in [0.5, 0.6) is 0 Å². The molecule has 6 heteroatoms. The Bertz CT molecular complexity index is 602. The number of hydrogen-bond donors (Lipinski definition) is 1. The van der Waals surface area contributed by atoms with Crippen molar-refractivity contribution in [3.8, 4) is 0 Å². The third-order valence-electron chi connectivity index (χ3n) is 6.06. The first-order valence-electron chi connectivity index (χ1n) is 11.9. The van der Waals surface area contributed by atoms with Gasteiger partial charge < -0.3 is 10.6 Å². The van der Waals surface area contributed by atoms with Gasteiger partial charge in [0.15, 0.2) is 0 Å². The summed E-state index contributed by atoms with van der Waals surface area (Å²) in [6.45, 7) is 12.2. The Balaban J connectivity index is 1.66. The molecule has 1 fully saturated rings. The fourth-order valence-corrected chi connectivity index (χ4v) is 5.18. The Hall–Kier alpha value is -1.11. The van der Waals surface area contributed by atoms with Gasteiger partial charge >= 0.3 is 0 Å². The van der Waals surface area contributed by atoms with Crippen molar-refractivity contribution < 1.29 is 4.79 Å². The SMILES string of the molecule is CCCCc1ccc(C2CCN(SC(C)CCN(CC)CCCC(N)=O)CC2)nc1. The lowest BCUT2D eigenvalue weighted by Gasteiger charge is -2.33. The van der Waals surface area contributed by atoms with Crippen LogP contribution in [-0.2, 0) is 11.2 Å². The van der Waals surface area contributed by atoms with Crippen molar-refractivity contribution in [2.75, 3.05) is 32.7 Å². The highest BCUT2D eigenvalue weighted by atomic mass is 32.2. The number of amides is 1. The highest BCUT2D eigenvalue weighted by Gasteiger charge is 2.23. The zero-order valence-electron chi connectivity index (χ0n) is 19.3. The number of aromatic nitrogens is 1. The number of carbonyl (C=O) groups is 1. The zero-order valence-corrected chi connectivity index (χ0v) is 20.1. The first kappa shape index (κ1) is 25.2. The number of unbranched alkanes of at least 4 members (excludes halogenated alkanes) is 1. The summed E-state index contributed by atoms with van der Waals surface area (Å²) in [6.07, 6.45) is 10.7. The van der Waals surface area contributed by atoms with Crippen LogP contribution in [0.3, 0.4) is 0 Å². The van der Waals surface area contributed by atoms with Gasteiger partial charge in [-0.2, -0.15) is 0 Å². The second-order valence-corrected chi connectivity index (χ2v) is 10.1. The summed E-state index contributed by atoms with van der Waals surface area (Å²) in [5.74, 6) is 0.416. The second-order valence-electron chi connectivity index (χ2n) is 8.61. The van der Waals surface area contributed by atoms with Crippen molar-refractivity contribution in [1.82, 2.24) is 14.2 Å². The molecule has 1 amide bonds. The summed E-state index contributed by atoms with van der Waals surface area (Å²) in [6, 6.07) is 4.54. The number of rotatable bonds is 14. The molecule has 5 nitrogen and oxygen atoms in total. The van der Waals surface area contributed by atoms with Gasteiger partial charge in [0, 0.05) is 42.6 Å². The lowest BCUT2D eigenvalue weighted by atomic mass is 9.93. The van der Waals surface area contributed by atoms with Crippen LogP contribution in [0.25, 0.3) is 0 Å². The number of aryl methyl sites for hydroxylation is 1. The third-order valence-corrected chi connectivity index (χ3v) is 7.32. The van der Waals surface area contributed by atoms with E-state index in [9.17, 15) is 4.79 Å². The van der Waals surface area contributed by atoms with Gasteiger partial charge in [0.1, 0.15) is 0 Å². The molecule has 2 heterocycles. The topological polar surface area (TPSA) is 62.5 Å². The van der Waals surface area contributed by atoms with Crippen LogP contribution in [0.1, 0.15) is 82.9 Å². The summed E-state index contributed by atoms with van der Waals surface area (Å²) < 4.78 is 2.56. The maximum atomic E-state index is 10.9. The van der Waals surface area contributed by atoms with E-state index in [0.29, 0.717) is 17.6 Å². The number of carbonyl (C=O) groups excluding carboxylic acids is 1. The molecule has 0 aromatic carbocycles. The minimum atomic E-state index is -0.194. The van der Waals surface area contributed by atoms with Gasteiger partial charge in [-0.1, -0.05) is 45.2 Å². The number of piperidine rings is 1. The standard InChI is InChI=1S/C24H42N4OS/c1-4-6-8-21-10-11-23(26-19-21)22-13-17-28(18-14-22)30-20(3)12-16-27(5-2)15-7-9-24(25)29/h10-11,19-20,22H,4-9,12-18H2,1-3H3,(H2,25,29). The van der Waals surface area contributed by atoms with Crippen molar-refractivity contribution in [3.63, 3.8) is 0 Å². The average molecular weight is 435 g/mol. The van der Waals surface area contributed by atoms with E-state index in [-0.39, 0.29) is 5.91 Å². The van der Waals surface area contributed by atoms with Crippen molar-refractivity contribution in [3.05, 3.63) is 29.6 Å². The van der Waals surface area contributed by atoms with Gasteiger partial charge in [0.05, 0.1) is 0 Å². The Morgan fingerprint density at radius 1 is 1.27 bits per heavy atom. The smallest absolute Gasteiger partial charge is 0.217 e. The molecule has 0 aliphatic carbocycles. The molecule has 1 unspecified atom stereocenters. The Morgan fingerprint density at radius 3 is 2.63 bits per heavy atom. The molecule has 0 bridgehead atoms. The van der Waals surface area contributed by atoms with E-state index in [2.05, 4.69) is 48.3 Å². The largest absolute Gasteiger partial charge is 0.370 e. The zero-order chi connectivity index (χ0) is 21.8. The van der Waals surface area contributed by atoms with Crippen LogP contribution in [0.2, 0.25) is 0 Å². The normalized spacial score (nSPS) is 16.8. The molecule has 2 N–H and O–H groups in total. The minimum absolute atomic E-state index is 0.194. The molecule has 0 spiro atoms. The molecule has 1 atom stereocenters. The molecule has 1 aliphatic rings. The number of nitrogens with two attached hydrogens (primary N) is 1. The summed E-state index contributed by atoms with van der Waals surface area (Å²) in [5.41, 5.74) is 7.90. The fourth-order valence-electron chi connectivity index (χ4n) is 4.04. The Morgan fingerprint density at radius 2 is 2.03 bits per heavy atom. The van der Waals surface area contributed by atoms with E-state index >= 15 is 0 Å². The van der Waals surface area contributed by atoms with Gasteiger partial charge in [-0.15, -0.1) is 0 Å². The molecule has 0 radical (unpaired) electrons. The van der Waals surface area contributed by atoms with Crippen molar-refractivity contribution >= 4 is 17.9 Å². The van der Waals surface area contributed by atoms with Gasteiger partial charge in [0.25, 0.3) is 0 Å². The molecule has 2 rings (SSSR count). The number of primary amides is 1. The van der Waals surface area contributed by atoms with Crippen LogP contribution in [-0.4, -0.2) is 58.1 Å². The summed E-state index contributed by atoms with van der Waals surface area (Å²) >= 11 is 2.02.